The number of allylic oxidation sites excluding steroid dienone is 1. The summed E-state index contributed by atoms with van der Waals surface area (Å²) in [7, 11) is 0. The maximum Gasteiger partial charge on any atom is 0.349 e. The summed E-state index contributed by atoms with van der Waals surface area (Å²) in [5.74, 6) is 0.263. The van der Waals surface area contributed by atoms with Crippen LogP contribution >= 0.6 is 27.5 Å². The summed E-state index contributed by atoms with van der Waals surface area (Å²) < 4.78 is 17.5. The van der Waals surface area contributed by atoms with Gasteiger partial charge < -0.3 is 19.9 Å². The molecule has 3 aromatic carbocycles. The van der Waals surface area contributed by atoms with Crippen LogP contribution in [0.1, 0.15) is 22.6 Å². The lowest BCUT2D eigenvalue weighted by molar-refractivity contribution is -0.136. The van der Waals surface area contributed by atoms with Crippen molar-refractivity contribution in [2.75, 3.05) is 6.61 Å². The van der Waals surface area contributed by atoms with E-state index in [1.807, 2.05) is 31.2 Å². The van der Waals surface area contributed by atoms with Crippen molar-refractivity contribution in [1.82, 2.24) is 0 Å². The summed E-state index contributed by atoms with van der Waals surface area (Å²) in [6.07, 6.45) is 0. The Morgan fingerprint density at radius 1 is 1.21 bits per heavy atom. The predicted octanol–water partition coefficient (Wildman–Crippen LogP) is 5.61. The van der Waals surface area contributed by atoms with Crippen molar-refractivity contribution in [3.05, 3.63) is 98.3 Å². The van der Waals surface area contributed by atoms with E-state index in [1.54, 1.807) is 36.4 Å². The Labute approximate surface area is 204 Å². The number of benzene rings is 3. The largest absolute Gasteiger partial charge is 0.482 e. The minimum atomic E-state index is -0.579. The lowest BCUT2D eigenvalue weighted by Gasteiger charge is -2.26. The van der Waals surface area contributed by atoms with Gasteiger partial charge in [0.2, 0.25) is 5.88 Å². The van der Waals surface area contributed by atoms with Crippen LogP contribution in [0.25, 0.3) is 0 Å². The molecule has 0 amide bonds. The number of hydrogen-bond donors (Lipinski definition) is 1. The summed E-state index contributed by atoms with van der Waals surface area (Å²) in [6.45, 7) is 1.56. The minimum absolute atomic E-state index is 0.0139. The average Bonchev–Trinajstić information content (AvgIpc) is 2.77. The van der Waals surface area contributed by atoms with E-state index in [-0.39, 0.29) is 18.2 Å². The lowest BCUT2D eigenvalue weighted by Crippen LogP contribution is -2.21. The number of halogens is 2. The zero-order chi connectivity index (χ0) is 23.5. The molecule has 0 fully saturated rings. The Bertz CT molecular complexity index is 1320. The smallest absolute Gasteiger partial charge is 0.349 e. The number of fused-ring (bicyclic) bond motifs is 1. The first kappa shape index (κ1) is 22.7. The predicted molar refractivity (Wildman–Crippen MR) is 127 cm³/mol. The molecule has 33 heavy (non-hydrogen) atoms. The summed E-state index contributed by atoms with van der Waals surface area (Å²) >= 11 is 9.41. The van der Waals surface area contributed by atoms with Crippen molar-refractivity contribution in [2.24, 2.45) is 5.73 Å². The van der Waals surface area contributed by atoms with Gasteiger partial charge >= 0.3 is 5.97 Å². The molecule has 1 aliphatic rings. The molecule has 8 heteroatoms. The molecule has 1 heterocycles. The number of carbonyl (C=O) groups is 1. The fraction of sp³-hybridized carbons (Fsp3) is 0.120. The second kappa shape index (κ2) is 9.57. The molecule has 6 nitrogen and oxygen atoms in total. The molecule has 1 unspecified atom stereocenters. The first-order chi connectivity index (χ1) is 15.9. The van der Waals surface area contributed by atoms with Crippen LogP contribution in [-0.4, -0.2) is 12.6 Å². The lowest BCUT2D eigenvalue weighted by atomic mass is 9.83. The van der Waals surface area contributed by atoms with Gasteiger partial charge in [0.15, 0.2) is 6.61 Å². The molecule has 0 saturated heterocycles. The van der Waals surface area contributed by atoms with Crippen LogP contribution in [0.4, 0.5) is 0 Å². The number of esters is 1. The summed E-state index contributed by atoms with van der Waals surface area (Å²) in [5.41, 5.74) is 8.79. The molecule has 1 aliphatic heterocycles. The van der Waals surface area contributed by atoms with Crippen LogP contribution in [0.2, 0.25) is 5.02 Å². The van der Waals surface area contributed by atoms with Crippen LogP contribution in [-0.2, 0) is 4.79 Å². The van der Waals surface area contributed by atoms with Crippen molar-refractivity contribution in [1.29, 1.82) is 5.26 Å². The Morgan fingerprint density at radius 3 is 2.76 bits per heavy atom. The number of hydrogen-bond acceptors (Lipinski definition) is 6. The third-order valence-electron chi connectivity index (χ3n) is 5.09. The molecule has 0 bridgehead atoms. The highest BCUT2D eigenvalue weighted by atomic mass is 79.9. The summed E-state index contributed by atoms with van der Waals surface area (Å²) in [4.78, 5) is 12.3. The topological polar surface area (TPSA) is 94.6 Å². The van der Waals surface area contributed by atoms with E-state index >= 15 is 0 Å². The third-order valence-corrected chi connectivity index (χ3v) is 5.82. The quantitative estimate of drug-likeness (QED) is 0.343. The molecule has 1 atom stereocenters. The maximum absolute atomic E-state index is 12.3. The van der Waals surface area contributed by atoms with Gasteiger partial charge in [-0.1, -0.05) is 45.7 Å². The van der Waals surface area contributed by atoms with E-state index in [2.05, 4.69) is 22.0 Å². The molecule has 0 radical (unpaired) electrons. The Kier molecular flexibility index (Phi) is 6.59. The first-order valence-corrected chi connectivity index (χ1v) is 11.1. The van der Waals surface area contributed by atoms with Gasteiger partial charge in [-0.2, -0.15) is 5.26 Å². The highest BCUT2D eigenvalue weighted by Crippen LogP contribution is 2.43. The second-order valence-corrected chi connectivity index (χ2v) is 8.70. The molecule has 0 aliphatic carbocycles. The van der Waals surface area contributed by atoms with Crippen molar-refractivity contribution in [3.8, 4) is 23.3 Å². The Balaban J connectivity index is 1.54. The second-order valence-electron chi connectivity index (χ2n) is 7.35. The zero-order valence-electron chi connectivity index (χ0n) is 17.5. The molecule has 0 aromatic heterocycles. The van der Waals surface area contributed by atoms with E-state index in [4.69, 9.17) is 31.5 Å². The highest BCUT2D eigenvalue weighted by Gasteiger charge is 2.31. The molecule has 2 N–H and O–H groups in total. The molecule has 4 rings (SSSR count). The zero-order valence-corrected chi connectivity index (χ0v) is 19.8. The van der Waals surface area contributed by atoms with E-state index in [1.165, 1.54) is 0 Å². The van der Waals surface area contributed by atoms with Crippen LogP contribution in [0.3, 0.4) is 0 Å². The Hall–Kier alpha value is -3.47. The standard InChI is InChI=1S/C25H18BrClN2O4/c1-14-9-17(27)5-8-21(14)31-13-23(30)32-18-6-7-19-22(11-18)33-25(29)20(12-28)24(19)15-3-2-4-16(26)10-15/h2-11,24H,13,29H2,1H3. The molecular weight excluding hydrogens is 508 g/mol. The van der Waals surface area contributed by atoms with Gasteiger partial charge in [0, 0.05) is 21.1 Å². The fourth-order valence-corrected chi connectivity index (χ4v) is 4.24. The Morgan fingerprint density at radius 2 is 2.03 bits per heavy atom. The molecule has 3 aromatic rings. The van der Waals surface area contributed by atoms with Crippen LogP contribution in [0, 0.1) is 18.3 Å². The van der Waals surface area contributed by atoms with Crippen molar-refractivity contribution in [2.45, 2.75) is 12.8 Å². The number of aryl methyl sites for hydroxylation is 1. The van der Waals surface area contributed by atoms with Crippen LogP contribution in [0.5, 0.6) is 17.2 Å². The van der Waals surface area contributed by atoms with E-state index in [0.717, 1.165) is 21.2 Å². The molecular formula is C25H18BrClN2O4. The number of carbonyl (C=O) groups excluding carboxylic acids is 1. The van der Waals surface area contributed by atoms with Crippen molar-refractivity contribution >= 4 is 33.5 Å². The molecule has 166 valence electrons. The minimum Gasteiger partial charge on any atom is -0.482 e. The van der Waals surface area contributed by atoms with Crippen molar-refractivity contribution in [3.63, 3.8) is 0 Å². The van der Waals surface area contributed by atoms with Crippen LogP contribution < -0.4 is 19.9 Å². The van der Waals surface area contributed by atoms with Gasteiger partial charge in [-0.15, -0.1) is 0 Å². The van der Waals surface area contributed by atoms with E-state index < -0.39 is 11.9 Å². The number of nitriles is 1. The van der Waals surface area contributed by atoms with Gasteiger partial charge in [0.25, 0.3) is 0 Å². The fourth-order valence-electron chi connectivity index (χ4n) is 3.60. The van der Waals surface area contributed by atoms with Gasteiger partial charge in [-0.3, -0.25) is 0 Å². The summed E-state index contributed by atoms with van der Waals surface area (Å²) in [5, 5.41) is 10.3. The number of nitrogens with zero attached hydrogens (tertiary/aromatic N) is 1. The van der Waals surface area contributed by atoms with Gasteiger partial charge in [0.1, 0.15) is 28.9 Å². The third kappa shape index (κ3) is 4.98. The monoisotopic (exact) mass is 524 g/mol. The van der Waals surface area contributed by atoms with E-state index in [9.17, 15) is 10.1 Å². The highest BCUT2D eigenvalue weighted by molar-refractivity contribution is 9.10. The molecule has 0 spiro atoms. The van der Waals surface area contributed by atoms with Gasteiger partial charge in [0.05, 0.1) is 5.92 Å². The number of nitrogens with two attached hydrogens (primary N) is 1. The van der Waals surface area contributed by atoms with Gasteiger partial charge in [-0.05, 0) is 54.4 Å². The van der Waals surface area contributed by atoms with Crippen LogP contribution in [0.15, 0.2) is 76.6 Å². The SMILES string of the molecule is Cc1cc(Cl)ccc1OCC(=O)Oc1ccc2c(c1)OC(N)=C(C#N)C2c1cccc(Br)c1. The number of rotatable bonds is 5. The number of ether oxygens (including phenoxy) is 3. The maximum atomic E-state index is 12.3. The van der Waals surface area contributed by atoms with Crippen molar-refractivity contribution < 1.29 is 19.0 Å². The molecule has 0 saturated carbocycles. The summed E-state index contributed by atoms with van der Waals surface area (Å²) in [6, 6.07) is 19.9. The van der Waals surface area contributed by atoms with Gasteiger partial charge in [-0.25, -0.2) is 4.79 Å². The first-order valence-electron chi connectivity index (χ1n) is 9.92. The normalized spacial score (nSPS) is 14.7. The average molecular weight is 526 g/mol. The van der Waals surface area contributed by atoms with E-state index in [0.29, 0.717) is 22.1 Å².